The Morgan fingerprint density at radius 3 is 2.94 bits per heavy atom. The van der Waals surface area contributed by atoms with E-state index in [-0.39, 0.29) is 24.3 Å². The first kappa shape index (κ1) is 13.7. The maximum atomic E-state index is 12.3. The van der Waals surface area contributed by atoms with Gasteiger partial charge in [0, 0.05) is 37.6 Å². The smallest absolute Gasteiger partial charge is 0.303 e. The second kappa shape index (κ2) is 6.43. The molecule has 0 saturated carbocycles. The summed E-state index contributed by atoms with van der Waals surface area (Å²) < 4.78 is 0. The fourth-order valence-corrected chi connectivity index (χ4v) is 3.55. The van der Waals surface area contributed by atoms with E-state index in [0.717, 1.165) is 37.4 Å². The van der Waals surface area contributed by atoms with E-state index in [0.29, 0.717) is 6.54 Å². The molecule has 0 aromatic carbocycles. The van der Waals surface area contributed by atoms with Gasteiger partial charge in [-0.1, -0.05) is 0 Å². The lowest BCUT2D eigenvalue weighted by atomic mass is 9.94. The quantitative estimate of drug-likeness (QED) is 0.778. The Balaban J connectivity index is 1.87. The molecule has 5 nitrogen and oxygen atoms in total. The number of nitrogens with one attached hydrogen (secondary N) is 1. The zero-order chi connectivity index (χ0) is 13.0. The summed E-state index contributed by atoms with van der Waals surface area (Å²) in [6, 6.07) is -0.0765. The van der Waals surface area contributed by atoms with Crippen LogP contribution < -0.4 is 5.32 Å². The number of carboxylic acid groups (broad SMARTS) is 1. The van der Waals surface area contributed by atoms with E-state index >= 15 is 0 Å². The van der Waals surface area contributed by atoms with Crippen molar-refractivity contribution in [2.75, 3.05) is 31.1 Å². The van der Waals surface area contributed by atoms with Gasteiger partial charge in [-0.15, -0.1) is 0 Å². The van der Waals surface area contributed by atoms with Crippen molar-refractivity contribution in [3.05, 3.63) is 0 Å². The zero-order valence-electron chi connectivity index (χ0n) is 10.4. The van der Waals surface area contributed by atoms with Crippen molar-refractivity contribution in [3.63, 3.8) is 0 Å². The van der Waals surface area contributed by atoms with Crippen LogP contribution in [0.3, 0.4) is 0 Å². The van der Waals surface area contributed by atoms with Gasteiger partial charge < -0.3 is 15.3 Å². The number of carboxylic acids is 1. The summed E-state index contributed by atoms with van der Waals surface area (Å²) in [5, 5.41) is 12.1. The Labute approximate surface area is 111 Å². The molecule has 18 heavy (non-hydrogen) atoms. The Morgan fingerprint density at radius 1 is 1.44 bits per heavy atom. The van der Waals surface area contributed by atoms with Gasteiger partial charge in [0.25, 0.3) is 0 Å². The van der Waals surface area contributed by atoms with Gasteiger partial charge >= 0.3 is 5.97 Å². The van der Waals surface area contributed by atoms with Gasteiger partial charge in [-0.3, -0.25) is 9.59 Å². The summed E-state index contributed by atoms with van der Waals surface area (Å²) >= 11 is 1.80. The van der Waals surface area contributed by atoms with E-state index < -0.39 is 5.97 Å². The van der Waals surface area contributed by atoms with Crippen molar-refractivity contribution in [2.45, 2.75) is 25.3 Å². The lowest BCUT2D eigenvalue weighted by molar-refractivity contribution is -0.141. The molecule has 2 unspecified atom stereocenters. The molecule has 0 bridgehead atoms. The average Bonchev–Trinajstić information content (AvgIpc) is 2.38. The number of carbonyl (C=O) groups is 2. The second-order valence-electron chi connectivity index (χ2n) is 4.97. The van der Waals surface area contributed by atoms with Crippen molar-refractivity contribution in [1.29, 1.82) is 0 Å². The summed E-state index contributed by atoms with van der Waals surface area (Å²) in [5.41, 5.74) is 0. The number of likely N-dealkylation sites (tertiary alicyclic amines) is 1. The molecule has 0 spiro atoms. The van der Waals surface area contributed by atoms with Crippen LogP contribution in [0.15, 0.2) is 0 Å². The molecule has 0 aromatic heterocycles. The Morgan fingerprint density at radius 2 is 2.28 bits per heavy atom. The number of aliphatic carboxylic acids is 1. The standard InChI is InChI=1S/C12H20N2O3S/c15-11(16)6-9-2-1-4-14(7-9)12(17)10-8-18-5-3-13-10/h9-10,13H,1-8H2,(H,15,16). The van der Waals surface area contributed by atoms with Crippen LogP contribution in [0, 0.1) is 5.92 Å². The highest BCUT2D eigenvalue weighted by atomic mass is 32.2. The number of nitrogens with zero attached hydrogens (tertiary/aromatic N) is 1. The molecular weight excluding hydrogens is 252 g/mol. The molecule has 2 aliphatic rings. The zero-order valence-corrected chi connectivity index (χ0v) is 11.2. The fourth-order valence-electron chi connectivity index (χ4n) is 2.62. The predicted molar refractivity (Wildman–Crippen MR) is 70.7 cm³/mol. The van der Waals surface area contributed by atoms with Gasteiger partial charge in [0.05, 0.1) is 6.04 Å². The van der Waals surface area contributed by atoms with Crippen LogP contribution >= 0.6 is 11.8 Å². The SMILES string of the molecule is O=C(O)CC1CCCN(C(=O)C2CSCCN2)C1. The van der Waals surface area contributed by atoms with E-state index in [1.807, 2.05) is 4.90 Å². The highest BCUT2D eigenvalue weighted by Gasteiger charge is 2.30. The van der Waals surface area contributed by atoms with Crippen LogP contribution in [-0.4, -0.2) is 59.1 Å². The Bertz CT molecular complexity index is 318. The Kier molecular flexibility index (Phi) is 4.88. The summed E-state index contributed by atoms with van der Waals surface area (Å²) in [7, 11) is 0. The average molecular weight is 272 g/mol. The summed E-state index contributed by atoms with van der Waals surface area (Å²) in [4.78, 5) is 24.9. The van der Waals surface area contributed by atoms with Crippen molar-refractivity contribution in [2.24, 2.45) is 5.92 Å². The van der Waals surface area contributed by atoms with Gasteiger partial charge in [0.2, 0.25) is 5.91 Å². The number of piperidine rings is 1. The van der Waals surface area contributed by atoms with Crippen LogP contribution in [0.25, 0.3) is 0 Å². The first-order valence-electron chi connectivity index (χ1n) is 6.48. The topological polar surface area (TPSA) is 69.6 Å². The van der Waals surface area contributed by atoms with Gasteiger partial charge in [-0.2, -0.15) is 11.8 Å². The molecule has 0 aliphatic carbocycles. The number of thioether (sulfide) groups is 1. The number of amides is 1. The highest BCUT2D eigenvalue weighted by Crippen LogP contribution is 2.21. The fraction of sp³-hybridized carbons (Fsp3) is 0.833. The third kappa shape index (κ3) is 3.62. The van der Waals surface area contributed by atoms with Gasteiger partial charge in [0.1, 0.15) is 0 Å². The molecule has 0 aromatic rings. The summed E-state index contributed by atoms with van der Waals surface area (Å²) in [6.07, 6.45) is 2.02. The molecule has 102 valence electrons. The minimum atomic E-state index is -0.763. The minimum absolute atomic E-state index is 0.0765. The van der Waals surface area contributed by atoms with Gasteiger partial charge in [-0.05, 0) is 18.8 Å². The van der Waals surface area contributed by atoms with Crippen LogP contribution in [0.2, 0.25) is 0 Å². The molecule has 2 heterocycles. The van der Waals surface area contributed by atoms with Gasteiger partial charge in [-0.25, -0.2) is 0 Å². The largest absolute Gasteiger partial charge is 0.481 e. The van der Waals surface area contributed by atoms with E-state index in [4.69, 9.17) is 5.11 Å². The molecular formula is C12H20N2O3S. The highest BCUT2D eigenvalue weighted by molar-refractivity contribution is 7.99. The van der Waals surface area contributed by atoms with Crippen LogP contribution in [0.4, 0.5) is 0 Å². The summed E-state index contributed by atoms with van der Waals surface area (Å²) in [6.45, 7) is 2.26. The van der Waals surface area contributed by atoms with Crippen molar-refractivity contribution in [3.8, 4) is 0 Å². The number of carbonyl (C=O) groups excluding carboxylic acids is 1. The first-order valence-corrected chi connectivity index (χ1v) is 7.64. The number of rotatable bonds is 3. The molecule has 2 rings (SSSR count). The van der Waals surface area contributed by atoms with Crippen LogP contribution in [0.1, 0.15) is 19.3 Å². The van der Waals surface area contributed by atoms with Crippen molar-refractivity contribution < 1.29 is 14.7 Å². The van der Waals surface area contributed by atoms with Crippen molar-refractivity contribution >= 4 is 23.6 Å². The van der Waals surface area contributed by atoms with E-state index in [1.165, 1.54) is 0 Å². The molecule has 2 aliphatic heterocycles. The molecule has 6 heteroatoms. The molecule has 1 amide bonds. The van der Waals surface area contributed by atoms with E-state index in [2.05, 4.69) is 5.32 Å². The lowest BCUT2D eigenvalue weighted by Gasteiger charge is -2.35. The Hall–Kier alpha value is -0.750. The molecule has 2 N–H and O–H groups in total. The third-order valence-electron chi connectivity index (χ3n) is 3.51. The van der Waals surface area contributed by atoms with Crippen LogP contribution in [0.5, 0.6) is 0 Å². The van der Waals surface area contributed by atoms with Crippen LogP contribution in [-0.2, 0) is 9.59 Å². The maximum absolute atomic E-state index is 12.3. The van der Waals surface area contributed by atoms with Crippen molar-refractivity contribution in [1.82, 2.24) is 10.2 Å². The molecule has 0 radical (unpaired) electrons. The molecule has 2 fully saturated rings. The predicted octanol–water partition coefficient (Wildman–Crippen LogP) is 0.405. The third-order valence-corrected chi connectivity index (χ3v) is 4.58. The minimum Gasteiger partial charge on any atom is -0.481 e. The molecule has 2 saturated heterocycles. The summed E-state index contributed by atoms with van der Waals surface area (Å²) in [5.74, 6) is 1.40. The number of hydrogen-bond acceptors (Lipinski definition) is 4. The van der Waals surface area contributed by atoms with E-state index in [9.17, 15) is 9.59 Å². The molecule has 2 atom stereocenters. The normalized spacial score (nSPS) is 29.0. The number of hydrogen-bond donors (Lipinski definition) is 2. The van der Waals surface area contributed by atoms with E-state index in [1.54, 1.807) is 11.8 Å². The van der Waals surface area contributed by atoms with Gasteiger partial charge in [0.15, 0.2) is 0 Å². The maximum Gasteiger partial charge on any atom is 0.303 e. The monoisotopic (exact) mass is 272 g/mol. The lowest BCUT2D eigenvalue weighted by Crippen LogP contribution is -2.53. The first-order chi connectivity index (χ1) is 8.66. The second-order valence-corrected chi connectivity index (χ2v) is 6.12.